The van der Waals surface area contributed by atoms with Crippen LogP contribution in [0.25, 0.3) is 0 Å². The normalized spacial score (nSPS) is 24.7. The number of urea groups is 1. The van der Waals surface area contributed by atoms with E-state index in [1.54, 1.807) is 12.1 Å². The maximum atomic E-state index is 12.5. The molecule has 1 saturated carbocycles. The number of rotatable bonds is 3. The van der Waals surface area contributed by atoms with Gasteiger partial charge in [0, 0.05) is 24.7 Å². The largest absolute Gasteiger partial charge is 0.391 e. The number of aliphatic hydroxyl groups is 1. The summed E-state index contributed by atoms with van der Waals surface area (Å²) in [6.07, 6.45) is 3.90. The second-order valence-corrected chi connectivity index (χ2v) is 6.34. The molecule has 0 unspecified atom stereocenters. The van der Waals surface area contributed by atoms with Gasteiger partial charge in [0.1, 0.15) is 6.04 Å². The first-order valence-electron chi connectivity index (χ1n) is 8.24. The number of amides is 3. The number of para-hydroxylation sites is 1. The Morgan fingerprint density at radius 3 is 2.52 bits per heavy atom. The van der Waals surface area contributed by atoms with Gasteiger partial charge >= 0.3 is 6.03 Å². The van der Waals surface area contributed by atoms with Gasteiger partial charge in [0.15, 0.2) is 0 Å². The molecule has 2 atom stereocenters. The monoisotopic (exact) mass is 317 g/mol. The first kappa shape index (κ1) is 15.8. The second kappa shape index (κ2) is 7.00. The summed E-state index contributed by atoms with van der Waals surface area (Å²) in [4.78, 5) is 26.3. The number of hydrogen-bond acceptors (Lipinski definition) is 3. The Balaban J connectivity index is 1.64. The summed E-state index contributed by atoms with van der Waals surface area (Å²) < 4.78 is 0. The van der Waals surface area contributed by atoms with Crippen molar-refractivity contribution >= 4 is 17.6 Å². The summed E-state index contributed by atoms with van der Waals surface area (Å²) >= 11 is 0. The zero-order valence-corrected chi connectivity index (χ0v) is 13.1. The highest BCUT2D eigenvalue weighted by Gasteiger charge is 2.39. The number of hydrogen-bond donors (Lipinski definition) is 3. The molecule has 1 aliphatic carbocycles. The van der Waals surface area contributed by atoms with Gasteiger partial charge in [-0.3, -0.25) is 4.79 Å². The third kappa shape index (κ3) is 3.82. The van der Waals surface area contributed by atoms with Crippen molar-refractivity contribution in [2.75, 3.05) is 11.9 Å². The minimum atomic E-state index is -0.657. The highest BCUT2D eigenvalue weighted by Crippen LogP contribution is 2.22. The van der Waals surface area contributed by atoms with Crippen LogP contribution >= 0.6 is 0 Å². The predicted molar refractivity (Wildman–Crippen MR) is 87.0 cm³/mol. The van der Waals surface area contributed by atoms with Gasteiger partial charge in [-0.05, 0) is 25.0 Å². The van der Waals surface area contributed by atoms with E-state index < -0.39 is 12.1 Å². The van der Waals surface area contributed by atoms with Crippen LogP contribution < -0.4 is 10.6 Å². The van der Waals surface area contributed by atoms with Gasteiger partial charge in [-0.15, -0.1) is 0 Å². The lowest BCUT2D eigenvalue weighted by atomic mass is 10.1. The third-order valence-electron chi connectivity index (χ3n) is 4.57. The summed E-state index contributed by atoms with van der Waals surface area (Å²) in [5.41, 5.74) is 0.675. The number of nitrogens with one attached hydrogen (secondary N) is 2. The molecule has 3 amide bonds. The molecule has 1 saturated heterocycles. The molecule has 1 aromatic rings. The van der Waals surface area contributed by atoms with Crippen LogP contribution in [-0.2, 0) is 4.79 Å². The highest BCUT2D eigenvalue weighted by molar-refractivity contribution is 5.94. The Morgan fingerprint density at radius 2 is 1.83 bits per heavy atom. The molecule has 0 aromatic heterocycles. The van der Waals surface area contributed by atoms with Gasteiger partial charge in [0.2, 0.25) is 5.91 Å². The average molecular weight is 317 g/mol. The van der Waals surface area contributed by atoms with Gasteiger partial charge in [-0.25, -0.2) is 4.79 Å². The number of likely N-dealkylation sites (tertiary alicyclic amines) is 1. The van der Waals surface area contributed by atoms with E-state index in [1.165, 1.54) is 4.90 Å². The van der Waals surface area contributed by atoms with Gasteiger partial charge < -0.3 is 20.6 Å². The molecular weight excluding hydrogens is 294 g/mol. The van der Waals surface area contributed by atoms with Crippen LogP contribution in [0.2, 0.25) is 0 Å². The van der Waals surface area contributed by atoms with Crippen LogP contribution in [-0.4, -0.2) is 46.7 Å². The van der Waals surface area contributed by atoms with E-state index in [1.807, 2.05) is 18.2 Å². The standard InChI is InChI=1S/C17H23N3O3/c21-14-10-15(16(22)18-12-8-4-5-9-12)20(11-14)17(23)19-13-6-2-1-3-7-13/h1-3,6-7,12,14-15,21H,4-5,8-11H2,(H,18,22)(H,19,23)/t14-,15+/m0/s1. The quantitative estimate of drug-likeness (QED) is 0.794. The zero-order chi connectivity index (χ0) is 16.2. The minimum absolute atomic E-state index is 0.156. The van der Waals surface area contributed by atoms with Crippen molar-refractivity contribution < 1.29 is 14.7 Å². The second-order valence-electron chi connectivity index (χ2n) is 6.34. The van der Waals surface area contributed by atoms with Crippen LogP contribution in [0.3, 0.4) is 0 Å². The fourth-order valence-electron chi connectivity index (χ4n) is 3.37. The first-order valence-corrected chi connectivity index (χ1v) is 8.24. The van der Waals surface area contributed by atoms with E-state index in [0.717, 1.165) is 25.7 Å². The van der Waals surface area contributed by atoms with E-state index in [-0.39, 0.29) is 24.5 Å². The lowest BCUT2D eigenvalue weighted by Gasteiger charge is -2.25. The third-order valence-corrected chi connectivity index (χ3v) is 4.57. The first-order chi connectivity index (χ1) is 11.1. The smallest absolute Gasteiger partial charge is 0.322 e. The summed E-state index contributed by atoms with van der Waals surface area (Å²) in [5.74, 6) is -0.156. The number of benzene rings is 1. The molecule has 2 fully saturated rings. The molecule has 0 spiro atoms. The Bertz CT molecular complexity index is 557. The van der Waals surface area contributed by atoms with E-state index in [9.17, 15) is 14.7 Å². The average Bonchev–Trinajstić information content (AvgIpc) is 3.17. The van der Waals surface area contributed by atoms with Gasteiger partial charge in [0.05, 0.1) is 6.10 Å². The van der Waals surface area contributed by atoms with Gasteiger partial charge in [-0.1, -0.05) is 31.0 Å². The molecule has 0 bridgehead atoms. The summed E-state index contributed by atoms with van der Waals surface area (Å²) in [6.45, 7) is 0.182. The molecular formula is C17H23N3O3. The Kier molecular flexibility index (Phi) is 4.81. The molecule has 23 heavy (non-hydrogen) atoms. The molecule has 0 radical (unpaired) electrons. The van der Waals surface area contributed by atoms with E-state index in [4.69, 9.17) is 0 Å². The van der Waals surface area contributed by atoms with E-state index >= 15 is 0 Å². The zero-order valence-electron chi connectivity index (χ0n) is 13.1. The highest BCUT2D eigenvalue weighted by atomic mass is 16.3. The topological polar surface area (TPSA) is 81.7 Å². The van der Waals surface area contributed by atoms with Crippen molar-refractivity contribution in [2.45, 2.75) is 50.3 Å². The van der Waals surface area contributed by atoms with Crippen molar-refractivity contribution in [2.24, 2.45) is 0 Å². The maximum absolute atomic E-state index is 12.5. The maximum Gasteiger partial charge on any atom is 0.322 e. The fourth-order valence-corrected chi connectivity index (χ4v) is 3.37. The molecule has 1 heterocycles. The predicted octanol–water partition coefficient (Wildman–Crippen LogP) is 1.71. The number of carbonyl (C=O) groups is 2. The van der Waals surface area contributed by atoms with Crippen LogP contribution in [0.5, 0.6) is 0 Å². The molecule has 1 aromatic carbocycles. The molecule has 124 valence electrons. The van der Waals surface area contributed by atoms with Crippen molar-refractivity contribution in [1.82, 2.24) is 10.2 Å². The summed E-state index contributed by atoms with van der Waals surface area (Å²) in [7, 11) is 0. The number of β-amino-alcohol motifs (C(OH)–C–C–N with tert-alkyl or cyclic N) is 1. The van der Waals surface area contributed by atoms with E-state index in [0.29, 0.717) is 12.1 Å². The SMILES string of the molecule is O=C(NC1CCCC1)[C@H]1C[C@H](O)CN1C(=O)Nc1ccccc1. The van der Waals surface area contributed by atoms with Crippen molar-refractivity contribution in [3.63, 3.8) is 0 Å². The molecule has 3 rings (SSSR count). The number of nitrogens with zero attached hydrogens (tertiary/aromatic N) is 1. The van der Waals surface area contributed by atoms with Crippen LogP contribution in [0.15, 0.2) is 30.3 Å². The number of anilines is 1. The lowest BCUT2D eigenvalue weighted by Crippen LogP contribution is -2.49. The van der Waals surface area contributed by atoms with Crippen molar-refractivity contribution in [3.05, 3.63) is 30.3 Å². The minimum Gasteiger partial charge on any atom is -0.391 e. The number of carbonyl (C=O) groups excluding carboxylic acids is 2. The summed E-state index contributed by atoms with van der Waals surface area (Å²) in [6, 6.07) is 8.37. The Hall–Kier alpha value is -2.08. The van der Waals surface area contributed by atoms with Crippen LogP contribution in [0.4, 0.5) is 10.5 Å². The molecule has 6 heteroatoms. The molecule has 6 nitrogen and oxygen atoms in total. The van der Waals surface area contributed by atoms with Crippen molar-refractivity contribution in [1.29, 1.82) is 0 Å². The fraction of sp³-hybridized carbons (Fsp3) is 0.529. The van der Waals surface area contributed by atoms with Crippen LogP contribution in [0, 0.1) is 0 Å². The molecule has 3 N–H and O–H groups in total. The Labute approximate surface area is 135 Å². The van der Waals surface area contributed by atoms with E-state index in [2.05, 4.69) is 10.6 Å². The lowest BCUT2D eigenvalue weighted by molar-refractivity contribution is -0.125. The van der Waals surface area contributed by atoms with Gasteiger partial charge in [-0.2, -0.15) is 0 Å². The molecule has 1 aliphatic heterocycles. The van der Waals surface area contributed by atoms with Gasteiger partial charge in [0.25, 0.3) is 0 Å². The summed E-state index contributed by atoms with van der Waals surface area (Å²) in [5, 5.41) is 15.7. The van der Waals surface area contributed by atoms with Crippen LogP contribution in [0.1, 0.15) is 32.1 Å². The number of aliphatic hydroxyl groups excluding tert-OH is 1. The van der Waals surface area contributed by atoms with Crippen molar-refractivity contribution in [3.8, 4) is 0 Å². The molecule has 2 aliphatic rings. The Morgan fingerprint density at radius 1 is 1.13 bits per heavy atom.